The molecule has 0 aliphatic heterocycles. The van der Waals surface area contributed by atoms with Crippen LogP contribution in [0.1, 0.15) is 19.3 Å². The van der Waals surface area contributed by atoms with E-state index in [4.69, 9.17) is 5.73 Å². The van der Waals surface area contributed by atoms with Crippen molar-refractivity contribution in [1.82, 2.24) is 11.1 Å². The molecule has 3 heteroatoms. The molecule has 0 unspecified atom stereocenters. The number of rotatable bonds is 2. The second-order valence-corrected chi connectivity index (χ2v) is 2.35. The Labute approximate surface area is 54.6 Å². The molecule has 2 N–H and O–H groups in total. The van der Waals surface area contributed by atoms with Crippen LogP contribution < -0.4 is 11.1 Å². The van der Waals surface area contributed by atoms with Crippen LogP contribution in [0, 0.1) is 5.92 Å². The van der Waals surface area contributed by atoms with Crippen molar-refractivity contribution in [3.8, 4) is 0 Å². The molecular weight excluding hydrogens is 116 g/mol. The lowest BCUT2D eigenvalue weighted by atomic mass is 9.85. The Kier molecular flexibility index (Phi) is 2.05. The summed E-state index contributed by atoms with van der Waals surface area (Å²) in [6, 6.07) is 0. The summed E-state index contributed by atoms with van der Waals surface area (Å²) in [4.78, 5) is 10.8. The van der Waals surface area contributed by atoms with Crippen molar-refractivity contribution >= 4 is 5.91 Å². The first-order valence-corrected chi connectivity index (χ1v) is 3.27. The van der Waals surface area contributed by atoms with E-state index < -0.39 is 0 Å². The highest BCUT2D eigenvalue weighted by Gasteiger charge is 2.24. The van der Waals surface area contributed by atoms with Crippen LogP contribution >= 0.6 is 0 Å². The van der Waals surface area contributed by atoms with E-state index in [0.29, 0.717) is 0 Å². The van der Waals surface area contributed by atoms with Gasteiger partial charge in [-0.3, -0.25) is 4.79 Å². The maximum Gasteiger partial charge on any atom is 0.224 e. The molecule has 0 bridgehead atoms. The molecular formula is C6H11N2O. The maximum absolute atomic E-state index is 10.8. The molecule has 1 fully saturated rings. The van der Waals surface area contributed by atoms with Gasteiger partial charge in [-0.25, -0.2) is 5.73 Å². The summed E-state index contributed by atoms with van der Waals surface area (Å²) < 4.78 is 0. The minimum atomic E-state index is 0.0231. The minimum Gasteiger partial charge on any atom is -0.342 e. The molecule has 3 nitrogen and oxygen atoms in total. The van der Waals surface area contributed by atoms with Crippen LogP contribution in [0.15, 0.2) is 0 Å². The van der Waals surface area contributed by atoms with Crippen LogP contribution in [-0.4, -0.2) is 12.6 Å². The highest BCUT2D eigenvalue weighted by atomic mass is 16.1. The zero-order chi connectivity index (χ0) is 6.69. The number of hydrogen-bond donors (Lipinski definition) is 1. The first-order valence-electron chi connectivity index (χ1n) is 3.27. The minimum absolute atomic E-state index is 0.0231. The van der Waals surface area contributed by atoms with Crippen LogP contribution in [0.25, 0.3) is 0 Å². The smallest absolute Gasteiger partial charge is 0.224 e. The molecule has 1 radical (unpaired) electrons. The summed E-state index contributed by atoms with van der Waals surface area (Å²) in [5, 5.41) is 2.48. The zero-order valence-electron chi connectivity index (χ0n) is 5.31. The molecule has 1 aliphatic rings. The molecule has 0 saturated heterocycles. The van der Waals surface area contributed by atoms with E-state index in [-0.39, 0.29) is 18.5 Å². The van der Waals surface area contributed by atoms with Gasteiger partial charge in [0, 0.05) is 5.92 Å². The summed E-state index contributed by atoms with van der Waals surface area (Å²) in [5.41, 5.74) is 6.69. The van der Waals surface area contributed by atoms with Gasteiger partial charge in [-0.1, -0.05) is 6.42 Å². The molecule has 1 amide bonds. The highest BCUT2D eigenvalue weighted by molar-refractivity contribution is 5.79. The number of carbonyl (C=O) groups is 1. The summed E-state index contributed by atoms with van der Waals surface area (Å²) in [6.45, 7) is 0.0231. The quantitative estimate of drug-likeness (QED) is 0.563. The molecule has 0 aromatic heterocycles. The molecule has 0 aromatic carbocycles. The number of amides is 1. The Morgan fingerprint density at radius 3 is 2.67 bits per heavy atom. The van der Waals surface area contributed by atoms with Gasteiger partial charge in [-0.2, -0.15) is 0 Å². The van der Waals surface area contributed by atoms with E-state index in [9.17, 15) is 4.79 Å². The Balaban J connectivity index is 2.16. The highest BCUT2D eigenvalue weighted by Crippen LogP contribution is 2.25. The second-order valence-electron chi connectivity index (χ2n) is 2.35. The van der Waals surface area contributed by atoms with Gasteiger partial charge < -0.3 is 5.32 Å². The molecule has 1 rings (SSSR count). The molecule has 1 saturated carbocycles. The standard InChI is InChI=1S/C6H11N2O/c7-4-8-6(9)5-2-1-3-5/h5,7H,1-4H2,(H,8,9). The molecule has 9 heavy (non-hydrogen) atoms. The predicted molar refractivity (Wildman–Crippen MR) is 33.4 cm³/mol. The molecule has 1 aliphatic carbocycles. The van der Waals surface area contributed by atoms with Crippen LogP contribution in [0.2, 0.25) is 0 Å². The predicted octanol–water partition coefficient (Wildman–Crippen LogP) is 0.143. The van der Waals surface area contributed by atoms with Crippen LogP contribution in [0.3, 0.4) is 0 Å². The molecule has 0 atom stereocenters. The summed E-state index contributed by atoms with van der Waals surface area (Å²) in [7, 11) is 0. The summed E-state index contributed by atoms with van der Waals surface area (Å²) in [5.74, 6) is 0.298. The Hall–Kier alpha value is -0.570. The molecule has 0 spiro atoms. The SMILES string of the molecule is [NH]CNC(=O)C1CCC1. The van der Waals surface area contributed by atoms with Gasteiger partial charge in [-0.15, -0.1) is 0 Å². The van der Waals surface area contributed by atoms with Gasteiger partial charge in [0.2, 0.25) is 5.91 Å². The number of nitrogens with one attached hydrogen (secondary N) is 2. The van der Waals surface area contributed by atoms with Crippen molar-refractivity contribution in [3.05, 3.63) is 0 Å². The third-order valence-electron chi connectivity index (χ3n) is 1.74. The Bertz CT molecular complexity index is 110. The summed E-state index contributed by atoms with van der Waals surface area (Å²) in [6.07, 6.45) is 3.22. The van der Waals surface area contributed by atoms with Crippen LogP contribution in [0.5, 0.6) is 0 Å². The van der Waals surface area contributed by atoms with Crippen LogP contribution in [-0.2, 0) is 4.79 Å². The monoisotopic (exact) mass is 127 g/mol. The van der Waals surface area contributed by atoms with E-state index in [0.717, 1.165) is 12.8 Å². The van der Waals surface area contributed by atoms with Crippen molar-refractivity contribution in [2.45, 2.75) is 19.3 Å². The fourth-order valence-corrected chi connectivity index (χ4v) is 0.902. The van der Waals surface area contributed by atoms with Crippen molar-refractivity contribution in [2.24, 2.45) is 5.92 Å². The normalized spacial score (nSPS) is 18.8. The van der Waals surface area contributed by atoms with Crippen molar-refractivity contribution in [3.63, 3.8) is 0 Å². The first kappa shape index (κ1) is 6.55. The number of carbonyl (C=O) groups excluding carboxylic acids is 1. The van der Waals surface area contributed by atoms with E-state index in [1.165, 1.54) is 6.42 Å². The Morgan fingerprint density at radius 2 is 2.33 bits per heavy atom. The van der Waals surface area contributed by atoms with E-state index >= 15 is 0 Å². The lowest BCUT2D eigenvalue weighted by Gasteiger charge is -2.23. The van der Waals surface area contributed by atoms with Crippen molar-refractivity contribution in [2.75, 3.05) is 6.67 Å². The van der Waals surface area contributed by atoms with E-state index in [1.807, 2.05) is 0 Å². The largest absolute Gasteiger partial charge is 0.342 e. The van der Waals surface area contributed by atoms with Gasteiger partial charge >= 0.3 is 0 Å². The average molecular weight is 127 g/mol. The van der Waals surface area contributed by atoms with Gasteiger partial charge in [0.25, 0.3) is 0 Å². The lowest BCUT2D eigenvalue weighted by molar-refractivity contribution is -0.127. The van der Waals surface area contributed by atoms with E-state index in [1.54, 1.807) is 0 Å². The first-order chi connectivity index (χ1) is 4.34. The molecule has 51 valence electrons. The lowest BCUT2D eigenvalue weighted by Crippen LogP contribution is -2.35. The number of hydrogen-bond acceptors (Lipinski definition) is 1. The second kappa shape index (κ2) is 2.82. The Morgan fingerprint density at radius 1 is 1.67 bits per heavy atom. The fourth-order valence-electron chi connectivity index (χ4n) is 0.902. The zero-order valence-corrected chi connectivity index (χ0v) is 5.31. The summed E-state index contributed by atoms with van der Waals surface area (Å²) >= 11 is 0. The third-order valence-corrected chi connectivity index (χ3v) is 1.74. The fraction of sp³-hybridized carbons (Fsp3) is 0.833. The van der Waals surface area contributed by atoms with Crippen LogP contribution in [0.4, 0.5) is 0 Å². The maximum atomic E-state index is 10.8. The van der Waals surface area contributed by atoms with Gasteiger partial charge in [0.15, 0.2) is 0 Å². The van der Waals surface area contributed by atoms with Gasteiger partial charge in [-0.05, 0) is 12.8 Å². The molecule has 0 heterocycles. The third kappa shape index (κ3) is 1.42. The van der Waals surface area contributed by atoms with Gasteiger partial charge in [0.1, 0.15) is 0 Å². The average Bonchev–Trinajstić information content (AvgIpc) is 1.60. The van der Waals surface area contributed by atoms with E-state index in [2.05, 4.69) is 5.32 Å². The van der Waals surface area contributed by atoms with Crippen molar-refractivity contribution < 1.29 is 4.79 Å². The topological polar surface area (TPSA) is 52.9 Å². The van der Waals surface area contributed by atoms with Gasteiger partial charge in [0.05, 0.1) is 6.67 Å². The molecule has 0 aromatic rings. The van der Waals surface area contributed by atoms with Crippen molar-refractivity contribution in [1.29, 1.82) is 0 Å².